The molecule has 0 atom stereocenters. The second kappa shape index (κ2) is 14.1. The Morgan fingerprint density at radius 2 is 0.604 bits per heavy atom. The van der Waals surface area contributed by atoms with Gasteiger partial charge in [-0.15, -0.1) is 0 Å². The van der Waals surface area contributed by atoms with Crippen molar-refractivity contribution in [2.75, 3.05) is 9.80 Å². The van der Waals surface area contributed by atoms with E-state index in [0.717, 1.165) is 40.7 Å². The maximum atomic E-state index is 2.43. The second-order valence-corrected chi connectivity index (χ2v) is 13.3. The van der Waals surface area contributed by atoms with Crippen molar-refractivity contribution in [1.82, 2.24) is 4.57 Å². The average molecular weight is 682 g/mol. The summed E-state index contributed by atoms with van der Waals surface area (Å²) in [6, 6.07) is 74.0. The molecule has 0 aliphatic heterocycles. The fourth-order valence-corrected chi connectivity index (χ4v) is 7.61. The van der Waals surface area contributed by atoms with Gasteiger partial charge in [-0.1, -0.05) is 109 Å². The van der Waals surface area contributed by atoms with Crippen LogP contribution in [0.2, 0.25) is 0 Å². The van der Waals surface area contributed by atoms with E-state index in [4.69, 9.17) is 0 Å². The van der Waals surface area contributed by atoms with Crippen LogP contribution in [0.4, 0.5) is 34.1 Å². The first-order valence-corrected chi connectivity index (χ1v) is 18.3. The smallest absolute Gasteiger partial charge is 0.0491 e. The van der Waals surface area contributed by atoms with Crippen LogP contribution in [0.25, 0.3) is 44.1 Å². The third kappa shape index (κ3) is 6.13. The Bertz CT molecular complexity index is 2350. The molecular weight excluding hydrogens is 643 g/mol. The van der Waals surface area contributed by atoms with Gasteiger partial charge in [-0.25, -0.2) is 0 Å². The Morgan fingerprint density at radius 1 is 0.321 bits per heavy atom. The minimum absolute atomic E-state index is 0.908. The van der Waals surface area contributed by atoms with Crippen molar-refractivity contribution >= 4 is 55.9 Å². The highest BCUT2D eigenvalue weighted by Crippen LogP contribution is 2.39. The number of para-hydroxylation sites is 4. The van der Waals surface area contributed by atoms with Gasteiger partial charge in [0.25, 0.3) is 0 Å². The van der Waals surface area contributed by atoms with Crippen molar-refractivity contribution in [2.45, 2.75) is 13.5 Å². The molecule has 8 aromatic carbocycles. The van der Waals surface area contributed by atoms with Crippen LogP contribution in [-0.2, 0) is 6.54 Å². The van der Waals surface area contributed by atoms with Gasteiger partial charge in [-0.3, -0.25) is 0 Å². The van der Waals surface area contributed by atoms with Crippen LogP contribution in [-0.4, -0.2) is 4.57 Å². The standard InChI is InChI=1S/C50H39N3/c1-2-51-49-33-27-39(37-23-29-45(30-24-37)52(41-15-7-3-8-16-41)42-17-9-4-10-18-42)35-47(49)48-36-40(28-34-50(48)51)38-25-31-46(32-26-38)53(43-19-11-5-12-20-43)44-21-13-6-14-22-44/h3-36H,2H2,1H3. The number of hydrogen-bond donors (Lipinski definition) is 0. The van der Waals surface area contributed by atoms with Crippen molar-refractivity contribution in [2.24, 2.45) is 0 Å². The van der Waals surface area contributed by atoms with Crippen molar-refractivity contribution in [3.8, 4) is 22.3 Å². The molecule has 254 valence electrons. The van der Waals surface area contributed by atoms with Crippen molar-refractivity contribution in [3.63, 3.8) is 0 Å². The van der Waals surface area contributed by atoms with E-state index in [1.165, 1.54) is 44.1 Å². The Morgan fingerprint density at radius 3 is 0.906 bits per heavy atom. The van der Waals surface area contributed by atoms with Crippen molar-refractivity contribution < 1.29 is 0 Å². The predicted molar refractivity (Wildman–Crippen MR) is 225 cm³/mol. The minimum Gasteiger partial charge on any atom is -0.341 e. The highest BCUT2D eigenvalue weighted by Gasteiger charge is 2.16. The lowest BCUT2D eigenvalue weighted by Gasteiger charge is -2.25. The molecule has 1 aromatic heterocycles. The monoisotopic (exact) mass is 681 g/mol. The molecule has 0 spiro atoms. The Balaban J connectivity index is 1.07. The van der Waals surface area contributed by atoms with Crippen LogP contribution in [0, 0.1) is 0 Å². The van der Waals surface area contributed by atoms with E-state index in [2.05, 4.69) is 228 Å². The van der Waals surface area contributed by atoms with Gasteiger partial charge in [-0.05, 0) is 126 Å². The number of nitrogens with zero attached hydrogens (tertiary/aromatic N) is 3. The molecule has 9 rings (SSSR count). The van der Waals surface area contributed by atoms with E-state index < -0.39 is 0 Å². The molecule has 0 aliphatic rings. The van der Waals surface area contributed by atoms with Gasteiger partial charge in [0.05, 0.1) is 0 Å². The van der Waals surface area contributed by atoms with E-state index in [9.17, 15) is 0 Å². The van der Waals surface area contributed by atoms with Gasteiger partial charge in [0.2, 0.25) is 0 Å². The molecule has 3 heteroatoms. The summed E-state index contributed by atoms with van der Waals surface area (Å²) in [5, 5.41) is 2.55. The fraction of sp³-hybridized carbons (Fsp3) is 0.0400. The van der Waals surface area contributed by atoms with Crippen LogP contribution in [0.3, 0.4) is 0 Å². The predicted octanol–water partition coefficient (Wildman–Crippen LogP) is 14.1. The maximum Gasteiger partial charge on any atom is 0.0491 e. The number of benzene rings is 8. The minimum atomic E-state index is 0.908. The van der Waals surface area contributed by atoms with Gasteiger partial charge in [0, 0.05) is 62.5 Å². The van der Waals surface area contributed by atoms with Gasteiger partial charge >= 0.3 is 0 Å². The largest absolute Gasteiger partial charge is 0.341 e. The van der Waals surface area contributed by atoms with Crippen LogP contribution in [0.15, 0.2) is 206 Å². The summed E-state index contributed by atoms with van der Waals surface area (Å²) in [4.78, 5) is 4.60. The van der Waals surface area contributed by atoms with Crippen LogP contribution in [0.1, 0.15) is 6.92 Å². The van der Waals surface area contributed by atoms with Crippen molar-refractivity contribution in [1.29, 1.82) is 0 Å². The number of rotatable bonds is 9. The second-order valence-electron chi connectivity index (χ2n) is 13.3. The number of hydrogen-bond acceptors (Lipinski definition) is 2. The first kappa shape index (κ1) is 32.1. The Labute approximate surface area is 311 Å². The highest BCUT2D eigenvalue weighted by atomic mass is 15.1. The van der Waals surface area contributed by atoms with Gasteiger partial charge in [-0.2, -0.15) is 0 Å². The molecule has 3 nitrogen and oxygen atoms in total. The zero-order valence-corrected chi connectivity index (χ0v) is 29.7. The summed E-state index contributed by atoms with van der Waals surface area (Å²) in [7, 11) is 0. The molecular formula is C50H39N3. The summed E-state index contributed by atoms with van der Waals surface area (Å²) in [5.41, 5.74) is 14.1. The van der Waals surface area contributed by atoms with E-state index >= 15 is 0 Å². The quantitative estimate of drug-likeness (QED) is 0.150. The van der Waals surface area contributed by atoms with E-state index in [0.29, 0.717) is 0 Å². The zero-order valence-electron chi connectivity index (χ0n) is 29.7. The Kier molecular flexibility index (Phi) is 8.51. The highest BCUT2D eigenvalue weighted by molar-refractivity contribution is 6.10. The molecule has 0 N–H and O–H groups in total. The fourth-order valence-electron chi connectivity index (χ4n) is 7.61. The zero-order chi connectivity index (χ0) is 35.6. The van der Waals surface area contributed by atoms with Crippen molar-refractivity contribution in [3.05, 3.63) is 206 Å². The maximum absolute atomic E-state index is 2.43. The van der Waals surface area contributed by atoms with Crippen LogP contribution < -0.4 is 9.80 Å². The number of aromatic nitrogens is 1. The molecule has 1 heterocycles. The van der Waals surface area contributed by atoms with Gasteiger partial charge in [0.15, 0.2) is 0 Å². The lowest BCUT2D eigenvalue weighted by atomic mass is 9.99. The number of fused-ring (bicyclic) bond motifs is 3. The molecule has 53 heavy (non-hydrogen) atoms. The molecule has 0 aliphatic carbocycles. The van der Waals surface area contributed by atoms with Crippen LogP contribution in [0.5, 0.6) is 0 Å². The first-order valence-electron chi connectivity index (χ1n) is 18.3. The molecule has 0 amide bonds. The summed E-state index contributed by atoms with van der Waals surface area (Å²) in [5.74, 6) is 0. The third-order valence-corrected chi connectivity index (χ3v) is 10.2. The van der Waals surface area contributed by atoms with Gasteiger partial charge in [0.1, 0.15) is 0 Å². The normalized spacial score (nSPS) is 11.2. The Hall–Kier alpha value is -6.84. The lowest BCUT2D eigenvalue weighted by molar-refractivity contribution is 0.827. The number of aryl methyl sites for hydroxylation is 1. The summed E-state index contributed by atoms with van der Waals surface area (Å²) in [6.07, 6.45) is 0. The SMILES string of the molecule is CCn1c2ccc(-c3ccc(N(c4ccccc4)c4ccccc4)cc3)cc2c2cc(-c3ccc(N(c4ccccc4)c4ccccc4)cc3)ccc21. The molecule has 0 bridgehead atoms. The van der Waals surface area contributed by atoms with E-state index in [1.54, 1.807) is 0 Å². The van der Waals surface area contributed by atoms with Crippen LogP contribution >= 0.6 is 0 Å². The summed E-state index contributed by atoms with van der Waals surface area (Å²) < 4.78 is 2.43. The lowest BCUT2D eigenvalue weighted by Crippen LogP contribution is -2.09. The topological polar surface area (TPSA) is 11.4 Å². The molecule has 9 aromatic rings. The summed E-state index contributed by atoms with van der Waals surface area (Å²) in [6.45, 7) is 3.14. The average Bonchev–Trinajstić information content (AvgIpc) is 3.55. The first-order chi connectivity index (χ1) is 26.2. The molecule has 0 fully saturated rings. The molecule has 0 saturated heterocycles. The van der Waals surface area contributed by atoms with Gasteiger partial charge < -0.3 is 14.4 Å². The molecule has 0 unspecified atom stereocenters. The van der Waals surface area contributed by atoms with E-state index in [1.807, 2.05) is 0 Å². The third-order valence-electron chi connectivity index (χ3n) is 10.2. The molecule has 0 saturated carbocycles. The summed E-state index contributed by atoms with van der Waals surface area (Å²) >= 11 is 0. The van der Waals surface area contributed by atoms with E-state index in [-0.39, 0.29) is 0 Å². The number of anilines is 6. The molecule has 0 radical (unpaired) electrons.